The van der Waals surface area contributed by atoms with Gasteiger partial charge in [0.1, 0.15) is 5.58 Å². The van der Waals surface area contributed by atoms with Gasteiger partial charge in [-0.05, 0) is 12.1 Å². The molecule has 0 bridgehead atoms. The van der Waals surface area contributed by atoms with Crippen LogP contribution in [0.5, 0.6) is 5.75 Å². The van der Waals surface area contributed by atoms with Gasteiger partial charge in [-0.15, -0.1) is 0 Å². The van der Waals surface area contributed by atoms with Crippen molar-refractivity contribution in [2.24, 2.45) is 0 Å². The molecule has 0 saturated carbocycles. The topological polar surface area (TPSA) is 39.4 Å². The van der Waals surface area contributed by atoms with E-state index in [1.54, 1.807) is 24.3 Å². The van der Waals surface area contributed by atoms with E-state index in [4.69, 9.17) is 12.5 Å². The van der Waals surface area contributed by atoms with Crippen molar-refractivity contribution in [1.29, 1.82) is 0 Å². The summed E-state index contributed by atoms with van der Waals surface area (Å²) in [4.78, 5) is 11.1. The molecule has 0 saturated heterocycles. The monoisotopic (exact) mass is 172 g/mol. The zero-order chi connectivity index (χ0) is 9.26. The third-order valence-corrected chi connectivity index (χ3v) is 1.74. The van der Waals surface area contributed by atoms with Crippen LogP contribution < -0.4 is 10.3 Å². The van der Waals surface area contributed by atoms with E-state index in [1.807, 2.05) is 6.07 Å². The van der Waals surface area contributed by atoms with Crippen molar-refractivity contribution in [3.8, 4) is 5.75 Å². The van der Waals surface area contributed by atoms with E-state index in [9.17, 15) is 4.79 Å². The number of para-hydroxylation sites is 1. The lowest BCUT2D eigenvalue weighted by Gasteiger charge is -1.99. The van der Waals surface area contributed by atoms with Crippen LogP contribution in [0.3, 0.4) is 0 Å². The molecule has 1 heterocycles. The minimum atomic E-state index is -0.568. The molecule has 3 nitrogen and oxygen atoms in total. The van der Waals surface area contributed by atoms with Gasteiger partial charge >= 0.3 is 13.7 Å². The SMILES string of the molecule is [B]Oc1cc2ccccc2oc1=O. The first-order chi connectivity index (χ1) is 6.31. The molecule has 1 aromatic heterocycles. The lowest BCUT2D eigenvalue weighted by Crippen LogP contribution is -2.03. The Morgan fingerprint density at radius 3 is 2.85 bits per heavy atom. The largest absolute Gasteiger partial charge is 0.563 e. The van der Waals surface area contributed by atoms with Crippen molar-refractivity contribution in [2.75, 3.05) is 0 Å². The van der Waals surface area contributed by atoms with Crippen LogP contribution in [0.1, 0.15) is 0 Å². The minimum absolute atomic E-state index is 0.0127. The first-order valence-electron chi connectivity index (χ1n) is 3.71. The normalized spacial score (nSPS) is 10.2. The van der Waals surface area contributed by atoms with E-state index in [1.165, 1.54) is 0 Å². The quantitative estimate of drug-likeness (QED) is 0.480. The van der Waals surface area contributed by atoms with Crippen LogP contribution >= 0.6 is 0 Å². The number of benzene rings is 1. The first kappa shape index (κ1) is 7.92. The van der Waals surface area contributed by atoms with Crippen molar-refractivity contribution < 1.29 is 9.07 Å². The summed E-state index contributed by atoms with van der Waals surface area (Å²) in [7, 11) is 4.88. The highest BCUT2D eigenvalue weighted by atomic mass is 16.5. The number of fused-ring (bicyclic) bond motifs is 1. The molecule has 4 heteroatoms. The van der Waals surface area contributed by atoms with E-state index in [0.717, 1.165) is 5.39 Å². The van der Waals surface area contributed by atoms with E-state index in [2.05, 4.69) is 4.65 Å². The van der Waals surface area contributed by atoms with E-state index in [0.29, 0.717) is 5.58 Å². The van der Waals surface area contributed by atoms with Gasteiger partial charge in [-0.25, -0.2) is 4.79 Å². The molecule has 0 fully saturated rings. The summed E-state index contributed by atoms with van der Waals surface area (Å²) < 4.78 is 9.27. The summed E-state index contributed by atoms with van der Waals surface area (Å²) in [5.74, 6) is 0.0127. The number of rotatable bonds is 1. The molecule has 1 aromatic carbocycles. The summed E-state index contributed by atoms with van der Waals surface area (Å²) in [6, 6.07) is 8.68. The molecule has 0 N–H and O–H groups in total. The van der Waals surface area contributed by atoms with Gasteiger partial charge in [0.15, 0.2) is 5.75 Å². The summed E-state index contributed by atoms with van der Waals surface area (Å²) in [6.07, 6.45) is 0. The standard InChI is InChI=1S/C9H5BO3/c10-13-8-5-6-3-1-2-4-7(6)12-9(8)11/h1-5H. The van der Waals surface area contributed by atoms with Crippen molar-refractivity contribution in [1.82, 2.24) is 0 Å². The predicted molar refractivity (Wildman–Crippen MR) is 48.9 cm³/mol. The Kier molecular flexibility index (Phi) is 1.81. The van der Waals surface area contributed by atoms with Crippen molar-refractivity contribution in [2.45, 2.75) is 0 Å². The number of hydrogen-bond acceptors (Lipinski definition) is 3. The Hall–Kier alpha value is -1.71. The molecule has 2 aromatic rings. The van der Waals surface area contributed by atoms with Crippen LogP contribution in [-0.2, 0) is 0 Å². The molecule has 2 radical (unpaired) electrons. The van der Waals surface area contributed by atoms with Gasteiger partial charge in [0, 0.05) is 5.39 Å². The molecule has 0 aliphatic heterocycles. The van der Waals surface area contributed by atoms with Crippen LogP contribution in [0.15, 0.2) is 39.5 Å². The molecule has 13 heavy (non-hydrogen) atoms. The van der Waals surface area contributed by atoms with Gasteiger partial charge in [-0.3, -0.25) is 0 Å². The van der Waals surface area contributed by atoms with Crippen molar-refractivity contribution in [3.05, 3.63) is 40.8 Å². The molecule has 0 unspecified atom stereocenters. The molecule has 0 aliphatic carbocycles. The molecule has 2 rings (SSSR count). The van der Waals surface area contributed by atoms with Gasteiger partial charge < -0.3 is 9.07 Å². The van der Waals surface area contributed by atoms with Gasteiger partial charge in [0.25, 0.3) is 0 Å². The fourth-order valence-electron chi connectivity index (χ4n) is 1.13. The third kappa shape index (κ3) is 1.31. The summed E-state index contributed by atoms with van der Waals surface area (Å²) in [5.41, 5.74) is -0.0468. The van der Waals surface area contributed by atoms with Crippen molar-refractivity contribution in [3.63, 3.8) is 0 Å². The number of hydrogen-bond donors (Lipinski definition) is 0. The van der Waals surface area contributed by atoms with Gasteiger partial charge in [0.05, 0.1) is 0 Å². The fraction of sp³-hybridized carbons (Fsp3) is 0. The molecular weight excluding hydrogens is 167 g/mol. The van der Waals surface area contributed by atoms with Crippen molar-refractivity contribution >= 4 is 19.0 Å². The predicted octanol–water partition coefficient (Wildman–Crippen LogP) is 1.26. The highest BCUT2D eigenvalue weighted by Gasteiger charge is 2.02. The maximum Gasteiger partial charge on any atom is 0.377 e. The molecular formula is C9H5BO3. The molecule has 0 aliphatic rings. The lowest BCUT2D eigenvalue weighted by molar-refractivity contribution is 0.504. The first-order valence-corrected chi connectivity index (χ1v) is 3.71. The van der Waals surface area contributed by atoms with E-state index < -0.39 is 5.63 Å². The van der Waals surface area contributed by atoms with Crippen LogP contribution in [0.2, 0.25) is 0 Å². The summed E-state index contributed by atoms with van der Waals surface area (Å²) in [6.45, 7) is 0. The van der Waals surface area contributed by atoms with E-state index >= 15 is 0 Å². The zero-order valence-corrected chi connectivity index (χ0v) is 6.69. The Bertz CT molecular complexity index is 489. The maximum atomic E-state index is 11.1. The van der Waals surface area contributed by atoms with Crippen LogP contribution in [-0.4, -0.2) is 8.05 Å². The smallest absolute Gasteiger partial charge is 0.377 e. The Morgan fingerprint density at radius 1 is 1.31 bits per heavy atom. The van der Waals surface area contributed by atoms with Gasteiger partial charge in [-0.1, -0.05) is 18.2 Å². The van der Waals surface area contributed by atoms with Gasteiger partial charge in [0.2, 0.25) is 0 Å². The molecule has 0 amide bonds. The maximum absolute atomic E-state index is 11.1. The molecule has 62 valence electrons. The third-order valence-electron chi connectivity index (χ3n) is 1.74. The Balaban J connectivity index is 2.81. The highest BCUT2D eigenvalue weighted by molar-refractivity contribution is 6.00. The second-order valence-electron chi connectivity index (χ2n) is 2.55. The van der Waals surface area contributed by atoms with Gasteiger partial charge in [-0.2, -0.15) is 0 Å². The molecule has 0 spiro atoms. The minimum Gasteiger partial charge on any atom is -0.563 e. The highest BCUT2D eigenvalue weighted by Crippen LogP contribution is 2.15. The Labute approximate surface area is 75.4 Å². The zero-order valence-electron chi connectivity index (χ0n) is 6.69. The second kappa shape index (κ2) is 2.97. The lowest BCUT2D eigenvalue weighted by atomic mass is 10.2. The fourth-order valence-corrected chi connectivity index (χ4v) is 1.13. The van der Waals surface area contributed by atoms with Crippen LogP contribution in [0.4, 0.5) is 0 Å². The summed E-state index contributed by atoms with van der Waals surface area (Å²) in [5, 5.41) is 0.780. The van der Waals surface area contributed by atoms with Crippen LogP contribution in [0, 0.1) is 0 Å². The molecule has 0 atom stereocenters. The summed E-state index contributed by atoms with van der Waals surface area (Å²) >= 11 is 0. The Morgan fingerprint density at radius 2 is 2.08 bits per heavy atom. The average Bonchev–Trinajstić information content (AvgIpc) is 2.17. The average molecular weight is 172 g/mol. The van der Waals surface area contributed by atoms with Crippen LogP contribution in [0.25, 0.3) is 11.0 Å². The second-order valence-corrected chi connectivity index (χ2v) is 2.55. The van der Waals surface area contributed by atoms with E-state index in [-0.39, 0.29) is 5.75 Å².